The average molecular weight is 541 g/mol. The Balaban J connectivity index is 1.42. The summed E-state index contributed by atoms with van der Waals surface area (Å²) in [6.07, 6.45) is 0. The van der Waals surface area contributed by atoms with Crippen LogP contribution >= 0.6 is 23.2 Å². The van der Waals surface area contributed by atoms with Gasteiger partial charge in [-0.1, -0.05) is 83.9 Å². The van der Waals surface area contributed by atoms with Gasteiger partial charge in [0.1, 0.15) is 12.6 Å². The smallest absolute Gasteiger partial charge is 0.330 e. The van der Waals surface area contributed by atoms with Gasteiger partial charge in [-0.05, 0) is 23.3 Å². The molecule has 0 aromatic heterocycles. The molecule has 8 nitrogen and oxygen atoms in total. The molecule has 1 heterocycles. The Labute approximate surface area is 224 Å². The molecule has 0 spiro atoms. The summed E-state index contributed by atoms with van der Waals surface area (Å²) < 4.78 is 5.32. The fourth-order valence-electron chi connectivity index (χ4n) is 4.04. The normalized spacial score (nSPS) is 13.8. The third-order valence-electron chi connectivity index (χ3n) is 6.07. The lowest BCUT2D eigenvalue weighted by Crippen LogP contribution is -2.50. The van der Waals surface area contributed by atoms with Gasteiger partial charge < -0.3 is 26.0 Å². The van der Waals surface area contributed by atoms with E-state index in [0.717, 1.165) is 24.3 Å². The van der Waals surface area contributed by atoms with Crippen LogP contribution in [0.1, 0.15) is 27.4 Å². The van der Waals surface area contributed by atoms with Crippen LogP contribution < -0.4 is 21.3 Å². The number of nitrogens with two attached hydrogens (primary N) is 1. The van der Waals surface area contributed by atoms with E-state index in [2.05, 4.69) is 27.7 Å². The minimum atomic E-state index is -1.21. The molecule has 10 heteroatoms. The number of esters is 1. The maximum absolute atomic E-state index is 13.1. The summed E-state index contributed by atoms with van der Waals surface area (Å²) in [5, 5.41) is 5.15. The number of nitrogens with zero attached hydrogens (tertiary/aromatic N) is 1. The minimum absolute atomic E-state index is 0.00135. The summed E-state index contributed by atoms with van der Waals surface area (Å²) >= 11 is 12.9. The lowest BCUT2D eigenvalue weighted by molar-refractivity contribution is -0.147. The second-order valence-corrected chi connectivity index (χ2v) is 9.48. The number of hydrogen-bond donors (Lipinski definition) is 3. The predicted molar refractivity (Wildman–Crippen MR) is 143 cm³/mol. The Morgan fingerprint density at radius 1 is 0.973 bits per heavy atom. The number of hydrogen-bond acceptors (Lipinski definition) is 5. The number of ether oxygens (including phenoxy) is 1. The van der Waals surface area contributed by atoms with Gasteiger partial charge in [-0.25, -0.2) is 9.59 Å². The largest absolute Gasteiger partial charge is 0.459 e. The molecule has 1 aliphatic heterocycles. The lowest BCUT2D eigenvalue weighted by atomic mass is 9.91. The number of anilines is 1. The zero-order chi connectivity index (χ0) is 26.4. The quantitative estimate of drug-likeness (QED) is 0.353. The second kappa shape index (κ2) is 12.0. The highest BCUT2D eigenvalue weighted by molar-refractivity contribution is 6.40. The summed E-state index contributed by atoms with van der Waals surface area (Å²) in [7, 11) is 0. The van der Waals surface area contributed by atoms with Gasteiger partial charge in [0.25, 0.3) is 5.91 Å². The molecule has 4 rings (SSSR count). The van der Waals surface area contributed by atoms with Crippen molar-refractivity contribution in [3.05, 3.63) is 99.5 Å². The topological polar surface area (TPSA) is 114 Å². The minimum Gasteiger partial charge on any atom is -0.459 e. The molecule has 4 N–H and O–H groups in total. The maximum atomic E-state index is 13.1. The van der Waals surface area contributed by atoms with Gasteiger partial charge >= 0.3 is 12.0 Å². The van der Waals surface area contributed by atoms with Gasteiger partial charge in [0.15, 0.2) is 0 Å². The standard InChI is InChI=1S/C27H26Cl2N4O4/c28-21-11-20(33-14-19(15-33)18-9-5-2-6-10-18)12-22(29)24(21)25(34)32-23(13-31-27(30)36)26(35)37-16-17-7-3-1-4-8-17/h1-12,19,23H,13-16H2,(H,32,34)(H3,30,31,36)/t23-/m0/s1. The molecule has 192 valence electrons. The van der Waals surface area contributed by atoms with Gasteiger partial charge in [0, 0.05) is 24.7 Å². The van der Waals surface area contributed by atoms with E-state index in [-0.39, 0.29) is 28.8 Å². The highest BCUT2D eigenvalue weighted by atomic mass is 35.5. The summed E-state index contributed by atoms with van der Waals surface area (Å²) in [4.78, 5) is 39.1. The van der Waals surface area contributed by atoms with Crippen LogP contribution in [0.3, 0.4) is 0 Å². The molecule has 0 unspecified atom stereocenters. The van der Waals surface area contributed by atoms with Crippen LogP contribution in [-0.4, -0.2) is 43.6 Å². The fraction of sp³-hybridized carbons (Fsp3) is 0.222. The van der Waals surface area contributed by atoms with E-state index in [1.54, 1.807) is 24.3 Å². The fourth-order valence-corrected chi connectivity index (χ4v) is 4.69. The number of halogens is 2. The van der Waals surface area contributed by atoms with Crippen molar-refractivity contribution < 1.29 is 19.1 Å². The number of carbonyl (C=O) groups excluding carboxylic acids is 3. The predicted octanol–water partition coefficient (Wildman–Crippen LogP) is 4.11. The molecule has 0 bridgehead atoms. The molecule has 3 aromatic rings. The van der Waals surface area contributed by atoms with Crippen molar-refractivity contribution in [3.8, 4) is 0 Å². The van der Waals surface area contributed by atoms with Gasteiger partial charge in [-0.3, -0.25) is 4.79 Å². The van der Waals surface area contributed by atoms with Crippen molar-refractivity contribution in [1.29, 1.82) is 0 Å². The molecule has 37 heavy (non-hydrogen) atoms. The third-order valence-corrected chi connectivity index (χ3v) is 6.66. The monoisotopic (exact) mass is 540 g/mol. The van der Waals surface area contributed by atoms with Crippen LogP contribution in [0.5, 0.6) is 0 Å². The van der Waals surface area contributed by atoms with E-state index in [1.807, 2.05) is 36.4 Å². The lowest BCUT2D eigenvalue weighted by Gasteiger charge is -2.41. The average Bonchev–Trinajstić information content (AvgIpc) is 2.85. The van der Waals surface area contributed by atoms with Crippen LogP contribution in [-0.2, 0) is 16.1 Å². The van der Waals surface area contributed by atoms with Crippen molar-refractivity contribution in [2.75, 3.05) is 24.5 Å². The van der Waals surface area contributed by atoms with E-state index in [9.17, 15) is 14.4 Å². The molecule has 3 amide bonds. The molecule has 0 radical (unpaired) electrons. The molecule has 1 fully saturated rings. The molecular formula is C27H26Cl2N4O4. The van der Waals surface area contributed by atoms with E-state index >= 15 is 0 Å². The molecule has 1 atom stereocenters. The Bertz CT molecular complexity index is 1240. The first-order chi connectivity index (χ1) is 17.8. The molecule has 3 aromatic carbocycles. The van der Waals surface area contributed by atoms with Gasteiger partial charge in [-0.15, -0.1) is 0 Å². The highest BCUT2D eigenvalue weighted by Crippen LogP contribution is 2.36. The Morgan fingerprint density at radius 3 is 2.16 bits per heavy atom. The highest BCUT2D eigenvalue weighted by Gasteiger charge is 2.30. The maximum Gasteiger partial charge on any atom is 0.330 e. The van der Waals surface area contributed by atoms with E-state index in [0.29, 0.717) is 5.92 Å². The Kier molecular flexibility index (Phi) is 8.53. The van der Waals surface area contributed by atoms with Crippen LogP contribution in [0.4, 0.5) is 10.5 Å². The number of amides is 3. The van der Waals surface area contributed by atoms with Crippen LogP contribution in [0, 0.1) is 0 Å². The van der Waals surface area contributed by atoms with Gasteiger partial charge in [0.05, 0.1) is 22.2 Å². The van der Waals surface area contributed by atoms with Crippen LogP contribution in [0.2, 0.25) is 10.0 Å². The molecule has 0 aliphatic carbocycles. The third kappa shape index (κ3) is 6.72. The van der Waals surface area contributed by atoms with Gasteiger partial charge in [0.2, 0.25) is 0 Å². The molecule has 1 saturated heterocycles. The van der Waals surface area contributed by atoms with Crippen molar-refractivity contribution in [2.45, 2.75) is 18.6 Å². The Hall–Kier alpha value is -3.75. The zero-order valence-corrected chi connectivity index (χ0v) is 21.3. The molecule has 0 saturated carbocycles. The summed E-state index contributed by atoms with van der Waals surface area (Å²) in [5.41, 5.74) is 8.00. The van der Waals surface area contributed by atoms with Gasteiger partial charge in [-0.2, -0.15) is 0 Å². The molecular weight excluding hydrogens is 515 g/mol. The molecule has 1 aliphatic rings. The first-order valence-corrected chi connectivity index (χ1v) is 12.4. The SMILES string of the molecule is NC(=O)NC[C@H](NC(=O)c1c(Cl)cc(N2CC(c3ccccc3)C2)cc1Cl)C(=O)OCc1ccccc1. The van der Waals surface area contributed by atoms with Crippen molar-refractivity contribution >= 4 is 46.8 Å². The van der Waals surface area contributed by atoms with Crippen LogP contribution in [0.15, 0.2) is 72.8 Å². The Morgan fingerprint density at radius 2 is 1.57 bits per heavy atom. The van der Waals surface area contributed by atoms with Crippen molar-refractivity contribution in [2.24, 2.45) is 5.73 Å². The van der Waals surface area contributed by atoms with Crippen molar-refractivity contribution in [1.82, 2.24) is 10.6 Å². The first kappa shape index (κ1) is 26.3. The number of carbonyl (C=O) groups is 3. The summed E-state index contributed by atoms with van der Waals surface area (Å²) in [6, 6.07) is 20.6. The number of primary amides is 1. The zero-order valence-electron chi connectivity index (χ0n) is 19.8. The summed E-state index contributed by atoms with van der Waals surface area (Å²) in [5.74, 6) is -1.02. The van der Waals surface area contributed by atoms with E-state index in [1.165, 1.54) is 5.56 Å². The number of benzene rings is 3. The van der Waals surface area contributed by atoms with Crippen LogP contribution in [0.25, 0.3) is 0 Å². The number of rotatable bonds is 9. The number of urea groups is 1. The van der Waals surface area contributed by atoms with E-state index < -0.39 is 23.9 Å². The second-order valence-electron chi connectivity index (χ2n) is 8.66. The number of nitrogens with one attached hydrogen (secondary N) is 2. The van der Waals surface area contributed by atoms with Crippen molar-refractivity contribution in [3.63, 3.8) is 0 Å². The first-order valence-electron chi connectivity index (χ1n) is 11.7. The summed E-state index contributed by atoms with van der Waals surface area (Å²) in [6.45, 7) is 1.34. The van der Waals surface area contributed by atoms with E-state index in [4.69, 9.17) is 33.7 Å².